The maximum atomic E-state index is 11.8. The van der Waals surface area contributed by atoms with E-state index in [0.29, 0.717) is 0 Å². The van der Waals surface area contributed by atoms with E-state index in [-0.39, 0.29) is 18.3 Å². The van der Waals surface area contributed by atoms with Crippen molar-refractivity contribution in [1.82, 2.24) is 5.32 Å². The zero-order valence-corrected chi connectivity index (χ0v) is 18.8. The van der Waals surface area contributed by atoms with E-state index in [4.69, 9.17) is 9.47 Å². The molecule has 0 aliphatic carbocycles. The van der Waals surface area contributed by atoms with E-state index in [1.54, 1.807) is 0 Å². The molecule has 1 N–H and O–H groups in total. The molecule has 1 rings (SSSR count). The van der Waals surface area contributed by atoms with Crippen LogP contribution in [0.15, 0.2) is 0 Å². The highest BCUT2D eigenvalue weighted by molar-refractivity contribution is 5.67. The van der Waals surface area contributed by atoms with Gasteiger partial charge in [0.05, 0.1) is 6.10 Å². The molecule has 2 unspecified atom stereocenters. The lowest BCUT2D eigenvalue weighted by molar-refractivity contribution is -0.0687. The van der Waals surface area contributed by atoms with Crippen LogP contribution >= 0.6 is 0 Å². The number of carbonyl (C=O) groups excluding carboxylic acids is 1. The molecule has 1 saturated heterocycles. The molecule has 1 aliphatic rings. The molecular weight excluding hydrogens is 350 g/mol. The van der Waals surface area contributed by atoms with Gasteiger partial charge >= 0.3 is 6.09 Å². The number of unbranched alkanes of at least 4 members (excludes halogenated alkanes) is 14. The average Bonchev–Trinajstić information content (AvgIpc) is 2.69. The molecule has 0 bridgehead atoms. The summed E-state index contributed by atoms with van der Waals surface area (Å²) in [6, 6.07) is 0. The van der Waals surface area contributed by atoms with Crippen molar-refractivity contribution in [3.05, 3.63) is 0 Å². The molecule has 1 heterocycles. The molecule has 4 nitrogen and oxygen atoms in total. The highest BCUT2D eigenvalue weighted by Crippen LogP contribution is 2.17. The lowest BCUT2D eigenvalue weighted by Crippen LogP contribution is -2.38. The van der Waals surface area contributed by atoms with Crippen LogP contribution in [0.2, 0.25) is 0 Å². The highest BCUT2D eigenvalue weighted by atomic mass is 16.6. The molecule has 0 aromatic rings. The number of hydrogen-bond donors (Lipinski definition) is 1. The van der Waals surface area contributed by atoms with Crippen LogP contribution in [0.1, 0.15) is 123 Å². The second-order valence-corrected chi connectivity index (χ2v) is 8.54. The summed E-state index contributed by atoms with van der Waals surface area (Å²) in [6.45, 7) is 5.76. The fourth-order valence-corrected chi connectivity index (χ4v) is 3.92. The van der Waals surface area contributed by atoms with Crippen LogP contribution in [0, 0.1) is 0 Å². The monoisotopic (exact) mass is 397 g/mol. The van der Waals surface area contributed by atoms with Gasteiger partial charge in [-0.15, -0.1) is 0 Å². The largest absolute Gasteiger partial charge is 0.443 e. The van der Waals surface area contributed by atoms with Crippen LogP contribution in [0.5, 0.6) is 0 Å². The molecule has 166 valence electrons. The Kier molecular flexibility index (Phi) is 16.5. The molecule has 0 saturated carbocycles. The Bertz CT molecular complexity index is 362. The standard InChI is InChI=1S/C24H47NO3/c1-3-4-5-6-7-8-9-10-11-12-13-14-15-16-17-20-25-24(26)28-23-19-18-21-27-22(23)2/h22-23H,3-21H2,1-2H3,(H,25,26). The highest BCUT2D eigenvalue weighted by Gasteiger charge is 2.25. The second-order valence-electron chi connectivity index (χ2n) is 8.54. The topological polar surface area (TPSA) is 47.6 Å². The molecule has 0 radical (unpaired) electrons. The molecule has 4 heteroatoms. The van der Waals surface area contributed by atoms with Gasteiger partial charge in [-0.25, -0.2) is 4.79 Å². The Labute approximate surface area is 174 Å². The molecule has 1 aliphatic heterocycles. The molecule has 0 spiro atoms. The van der Waals surface area contributed by atoms with E-state index < -0.39 is 0 Å². The van der Waals surface area contributed by atoms with Gasteiger partial charge in [0, 0.05) is 13.2 Å². The van der Waals surface area contributed by atoms with Gasteiger partial charge in [-0.3, -0.25) is 0 Å². The predicted octanol–water partition coefficient (Wildman–Crippen LogP) is 7.15. The van der Waals surface area contributed by atoms with E-state index in [1.807, 2.05) is 6.92 Å². The summed E-state index contributed by atoms with van der Waals surface area (Å²) >= 11 is 0. The van der Waals surface area contributed by atoms with Crippen LogP contribution in [0.25, 0.3) is 0 Å². The summed E-state index contributed by atoms with van der Waals surface area (Å²) in [4.78, 5) is 11.8. The Morgan fingerprint density at radius 3 is 1.86 bits per heavy atom. The van der Waals surface area contributed by atoms with Crippen molar-refractivity contribution < 1.29 is 14.3 Å². The Hall–Kier alpha value is -0.770. The number of nitrogens with one attached hydrogen (secondary N) is 1. The number of alkyl carbamates (subject to hydrolysis) is 1. The quantitative estimate of drug-likeness (QED) is 0.265. The number of hydrogen-bond acceptors (Lipinski definition) is 3. The minimum atomic E-state index is -0.285. The number of rotatable bonds is 17. The van der Waals surface area contributed by atoms with Crippen molar-refractivity contribution in [3.63, 3.8) is 0 Å². The molecule has 0 aromatic carbocycles. The van der Waals surface area contributed by atoms with Crippen molar-refractivity contribution in [1.29, 1.82) is 0 Å². The van der Waals surface area contributed by atoms with E-state index in [9.17, 15) is 4.79 Å². The first-order chi connectivity index (χ1) is 13.7. The van der Waals surface area contributed by atoms with Gasteiger partial charge in [-0.2, -0.15) is 0 Å². The zero-order valence-electron chi connectivity index (χ0n) is 18.8. The normalized spacial score (nSPS) is 19.5. The molecule has 28 heavy (non-hydrogen) atoms. The van der Waals surface area contributed by atoms with Crippen molar-refractivity contribution in [2.24, 2.45) is 0 Å². The van der Waals surface area contributed by atoms with Gasteiger partial charge in [0.1, 0.15) is 6.10 Å². The first-order valence-corrected chi connectivity index (χ1v) is 12.3. The Morgan fingerprint density at radius 2 is 1.36 bits per heavy atom. The van der Waals surface area contributed by atoms with Crippen molar-refractivity contribution in [3.8, 4) is 0 Å². The minimum absolute atomic E-state index is 0.0188. The first-order valence-electron chi connectivity index (χ1n) is 12.3. The zero-order chi connectivity index (χ0) is 20.3. The second kappa shape index (κ2) is 18.3. The van der Waals surface area contributed by atoms with E-state index in [0.717, 1.165) is 32.4 Å². The van der Waals surface area contributed by atoms with Crippen LogP contribution in [0.3, 0.4) is 0 Å². The van der Waals surface area contributed by atoms with Crippen LogP contribution < -0.4 is 5.32 Å². The summed E-state index contributed by atoms with van der Waals surface area (Å²) in [5.41, 5.74) is 0. The molecule has 0 aromatic heterocycles. The van der Waals surface area contributed by atoms with Crippen molar-refractivity contribution in [2.75, 3.05) is 13.2 Å². The molecule has 1 fully saturated rings. The molecular formula is C24H47NO3. The van der Waals surface area contributed by atoms with E-state index in [2.05, 4.69) is 12.2 Å². The maximum Gasteiger partial charge on any atom is 0.407 e. The van der Waals surface area contributed by atoms with E-state index in [1.165, 1.54) is 89.9 Å². The fourth-order valence-electron chi connectivity index (χ4n) is 3.92. The van der Waals surface area contributed by atoms with Gasteiger partial charge in [0.2, 0.25) is 0 Å². The van der Waals surface area contributed by atoms with Gasteiger partial charge in [0.15, 0.2) is 0 Å². The Morgan fingerprint density at radius 1 is 0.857 bits per heavy atom. The van der Waals surface area contributed by atoms with Gasteiger partial charge < -0.3 is 14.8 Å². The summed E-state index contributed by atoms with van der Waals surface area (Å²) in [6.07, 6.45) is 21.9. The number of ether oxygens (including phenoxy) is 2. The van der Waals surface area contributed by atoms with Gasteiger partial charge in [-0.05, 0) is 26.2 Å². The molecule has 1 amide bonds. The van der Waals surface area contributed by atoms with Crippen LogP contribution in [-0.4, -0.2) is 31.5 Å². The fraction of sp³-hybridized carbons (Fsp3) is 0.958. The summed E-state index contributed by atoms with van der Waals surface area (Å²) in [5.74, 6) is 0. The summed E-state index contributed by atoms with van der Waals surface area (Å²) in [5, 5.41) is 2.88. The smallest absolute Gasteiger partial charge is 0.407 e. The Balaban J connectivity index is 1.76. The third-order valence-electron chi connectivity index (χ3n) is 5.85. The summed E-state index contributed by atoms with van der Waals surface area (Å²) in [7, 11) is 0. The lowest BCUT2D eigenvalue weighted by atomic mass is 10.0. The van der Waals surface area contributed by atoms with Crippen molar-refractivity contribution in [2.45, 2.75) is 135 Å². The first kappa shape index (κ1) is 25.3. The maximum absolute atomic E-state index is 11.8. The van der Waals surface area contributed by atoms with Gasteiger partial charge in [0.25, 0.3) is 0 Å². The SMILES string of the molecule is CCCCCCCCCCCCCCCCCNC(=O)OC1CCCOC1C. The summed E-state index contributed by atoms with van der Waals surface area (Å²) < 4.78 is 11.0. The average molecular weight is 398 g/mol. The predicted molar refractivity (Wildman–Crippen MR) is 118 cm³/mol. The number of carbonyl (C=O) groups is 1. The lowest BCUT2D eigenvalue weighted by Gasteiger charge is -2.28. The van der Waals surface area contributed by atoms with Crippen LogP contribution in [0.4, 0.5) is 4.79 Å². The minimum Gasteiger partial charge on any atom is -0.443 e. The van der Waals surface area contributed by atoms with Crippen molar-refractivity contribution >= 4 is 6.09 Å². The molecule has 2 atom stereocenters. The van der Waals surface area contributed by atoms with Gasteiger partial charge in [-0.1, -0.05) is 96.8 Å². The van der Waals surface area contributed by atoms with Crippen LogP contribution in [-0.2, 0) is 9.47 Å². The van der Waals surface area contributed by atoms with E-state index >= 15 is 0 Å². The third-order valence-corrected chi connectivity index (χ3v) is 5.85. The third kappa shape index (κ3) is 14.3. The number of amides is 1.